The second-order valence-corrected chi connectivity index (χ2v) is 7.93. The minimum atomic E-state index is -1.12. The molecular weight excluding hydrogens is 435 g/mol. The number of carbonyl (C=O) groups excluding carboxylic acids is 1. The van der Waals surface area contributed by atoms with Gasteiger partial charge in [-0.2, -0.15) is 0 Å². The predicted molar refractivity (Wildman–Crippen MR) is 107 cm³/mol. The molecule has 3 N–H and O–H groups in total. The maximum Gasteiger partial charge on any atom is 0.347 e. The summed E-state index contributed by atoms with van der Waals surface area (Å²) in [5, 5.41) is 9.68. The van der Waals surface area contributed by atoms with Crippen LogP contribution in [0.15, 0.2) is 34.1 Å². The van der Waals surface area contributed by atoms with Gasteiger partial charge in [0.15, 0.2) is 6.29 Å². The Morgan fingerprint density at radius 1 is 0.963 bits per heavy atom. The number of carbonyl (C=O) groups is 2. The molecule has 0 amide bonds. The van der Waals surface area contributed by atoms with Crippen LogP contribution in [0.5, 0.6) is 0 Å². The largest absolute Gasteiger partial charge is 0.477 e. The van der Waals surface area contributed by atoms with E-state index in [2.05, 4.69) is 9.97 Å². The number of nitrogens with one attached hydrogen (secondary N) is 2. The lowest BCUT2D eigenvalue weighted by molar-refractivity contribution is 0.0702. The van der Waals surface area contributed by atoms with E-state index in [1.807, 2.05) is 0 Å². The third-order valence-electron chi connectivity index (χ3n) is 3.43. The van der Waals surface area contributed by atoms with Crippen molar-refractivity contribution in [3.05, 3.63) is 65.0 Å². The van der Waals surface area contributed by atoms with Crippen LogP contribution in [0.3, 0.4) is 0 Å². The van der Waals surface area contributed by atoms with E-state index in [0.29, 0.717) is 21.2 Å². The van der Waals surface area contributed by atoms with Gasteiger partial charge in [0.25, 0.3) is 11.1 Å². The van der Waals surface area contributed by atoms with Gasteiger partial charge in [-0.25, -0.2) is 4.79 Å². The zero-order chi connectivity index (χ0) is 19.7. The third kappa shape index (κ3) is 3.54. The summed E-state index contributed by atoms with van der Waals surface area (Å²) in [5.74, 6) is -1.12. The van der Waals surface area contributed by atoms with Crippen molar-refractivity contribution in [3.8, 4) is 0 Å². The number of halogens is 2. The molecule has 0 aliphatic carbocycles. The van der Waals surface area contributed by atoms with Crippen LogP contribution in [0, 0.1) is 0 Å². The van der Waals surface area contributed by atoms with Crippen LogP contribution in [0.25, 0.3) is 20.2 Å². The number of hydrogen-bond donors (Lipinski definition) is 3. The Morgan fingerprint density at radius 3 is 1.93 bits per heavy atom. The second kappa shape index (κ2) is 7.65. The topological polar surface area (TPSA) is 120 Å². The molecule has 7 nitrogen and oxygen atoms in total. The molecule has 0 bridgehead atoms. The molecule has 0 fully saturated rings. The number of aromatic nitrogens is 2. The number of pyridine rings is 2. The van der Waals surface area contributed by atoms with E-state index >= 15 is 0 Å². The molecule has 27 heavy (non-hydrogen) atoms. The fourth-order valence-corrected chi connectivity index (χ4v) is 4.96. The van der Waals surface area contributed by atoms with Gasteiger partial charge in [0, 0.05) is 21.8 Å². The van der Waals surface area contributed by atoms with Crippen LogP contribution in [-0.4, -0.2) is 27.3 Å². The summed E-state index contributed by atoms with van der Waals surface area (Å²) < 4.78 is 1.31. The molecule has 0 unspecified atom stereocenters. The molecule has 138 valence electrons. The Bertz CT molecular complexity index is 1300. The van der Waals surface area contributed by atoms with Crippen molar-refractivity contribution in [2.24, 2.45) is 0 Å². The third-order valence-corrected chi connectivity index (χ3v) is 6.65. The Kier molecular flexibility index (Phi) is 5.47. The molecule has 0 spiro atoms. The number of fused-ring (bicyclic) bond motifs is 2. The normalized spacial score (nSPS) is 10.6. The van der Waals surface area contributed by atoms with Gasteiger partial charge in [-0.3, -0.25) is 14.4 Å². The minimum Gasteiger partial charge on any atom is -0.477 e. The van der Waals surface area contributed by atoms with E-state index in [1.165, 1.54) is 23.7 Å². The van der Waals surface area contributed by atoms with E-state index in [-0.39, 0.29) is 31.4 Å². The highest BCUT2D eigenvalue weighted by atomic mass is 35.5. The van der Waals surface area contributed by atoms with E-state index in [1.54, 1.807) is 12.1 Å². The monoisotopic (exact) mass is 442 g/mol. The van der Waals surface area contributed by atoms with Crippen molar-refractivity contribution in [2.75, 3.05) is 0 Å². The highest BCUT2D eigenvalue weighted by Gasteiger charge is 2.17. The highest BCUT2D eigenvalue weighted by molar-refractivity contribution is 7.21. The lowest BCUT2D eigenvalue weighted by Crippen LogP contribution is -2.03. The maximum atomic E-state index is 11.3. The van der Waals surface area contributed by atoms with Crippen molar-refractivity contribution < 1.29 is 14.7 Å². The Balaban J connectivity index is 0.000000156. The van der Waals surface area contributed by atoms with E-state index in [4.69, 9.17) is 28.3 Å². The fraction of sp³-hybridized carbons (Fsp3) is 0. The molecule has 0 atom stereocenters. The molecule has 0 radical (unpaired) electrons. The lowest BCUT2D eigenvalue weighted by atomic mass is 10.3. The van der Waals surface area contributed by atoms with Crippen molar-refractivity contribution in [3.63, 3.8) is 0 Å². The predicted octanol–water partition coefficient (Wildman–Crippen LogP) is 4.00. The molecule has 4 rings (SSSR count). The van der Waals surface area contributed by atoms with Crippen LogP contribution in [-0.2, 0) is 0 Å². The lowest BCUT2D eigenvalue weighted by Gasteiger charge is -1.87. The first kappa shape index (κ1) is 19.3. The van der Waals surface area contributed by atoms with Gasteiger partial charge in [0.1, 0.15) is 4.88 Å². The van der Waals surface area contributed by atoms with Gasteiger partial charge in [-0.05, 0) is 12.1 Å². The summed E-state index contributed by atoms with van der Waals surface area (Å²) in [6, 6.07) is 3.35. The summed E-state index contributed by atoms with van der Waals surface area (Å²) in [6.07, 6.45) is 3.65. The SMILES string of the molecule is O=C(O)c1sc2cc[nH]c(=O)c2c1Cl.O=Cc1sc2cc[nH]c(=O)c2c1Cl. The molecule has 0 aromatic carbocycles. The van der Waals surface area contributed by atoms with Crippen LogP contribution in [0.2, 0.25) is 10.0 Å². The number of aromatic amines is 2. The molecule has 0 saturated heterocycles. The average molecular weight is 443 g/mol. The van der Waals surface area contributed by atoms with Crippen molar-refractivity contribution in [1.82, 2.24) is 9.97 Å². The van der Waals surface area contributed by atoms with E-state index < -0.39 is 5.97 Å². The van der Waals surface area contributed by atoms with E-state index in [9.17, 15) is 19.2 Å². The smallest absolute Gasteiger partial charge is 0.347 e. The molecule has 0 aliphatic heterocycles. The average Bonchev–Trinajstić information content (AvgIpc) is 3.15. The Morgan fingerprint density at radius 2 is 1.48 bits per heavy atom. The molecule has 4 heterocycles. The van der Waals surface area contributed by atoms with E-state index in [0.717, 1.165) is 16.0 Å². The summed E-state index contributed by atoms with van der Waals surface area (Å²) >= 11 is 13.8. The van der Waals surface area contributed by atoms with Crippen LogP contribution >= 0.6 is 45.9 Å². The molecule has 0 saturated carbocycles. The number of aromatic carboxylic acids is 1. The summed E-state index contributed by atoms with van der Waals surface area (Å²) in [5.41, 5.74) is -0.622. The first-order valence-corrected chi connectivity index (χ1v) is 9.52. The fourth-order valence-electron chi connectivity index (χ4n) is 2.27. The zero-order valence-electron chi connectivity index (χ0n) is 13.0. The number of hydrogen-bond acceptors (Lipinski definition) is 6. The summed E-state index contributed by atoms with van der Waals surface area (Å²) in [7, 11) is 0. The van der Waals surface area contributed by atoms with Crippen LogP contribution in [0.4, 0.5) is 0 Å². The first-order valence-electron chi connectivity index (χ1n) is 7.13. The number of carboxylic acid groups (broad SMARTS) is 1. The maximum absolute atomic E-state index is 11.3. The number of carboxylic acids is 1. The van der Waals surface area contributed by atoms with Crippen molar-refractivity contribution in [2.45, 2.75) is 0 Å². The Labute approximate surface area is 167 Å². The van der Waals surface area contributed by atoms with Crippen LogP contribution in [0.1, 0.15) is 19.3 Å². The first-order chi connectivity index (χ1) is 12.8. The molecule has 0 aliphatic rings. The van der Waals surface area contributed by atoms with Gasteiger partial charge >= 0.3 is 5.97 Å². The molecule has 11 heteroatoms. The van der Waals surface area contributed by atoms with Gasteiger partial charge < -0.3 is 15.1 Å². The number of thiophene rings is 2. The quantitative estimate of drug-likeness (QED) is 0.405. The number of rotatable bonds is 2. The van der Waals surface area contributed by atoms with Crippen molar-refractivity contribution in [1.29, 1.82) is 0 Å². The van der Waals surface area contributed by atoms with Crippen molar-refractivity contribution >= 4 is 78.3 Å². The molecule has 4 aromatic heterocycles. The zero-order valence-corrected chi connectivity index (χ0v) is 16.2. The summed E-state index contributed by atoms with van der Waals surface area (Å²) in [6.45, 7) is 0. The highest BCUT2D eigenvalue weighted by Crippen LogP contribution is 2.32. The standard InChI is InChI=1S/C8H4ClNO3S.C8H4ClNO2S/c9-5-4-3(1-2-10-7(4)11)14-6(5)8(12)13;9-7-5(3-11)13-4-1-2-10-8(12)6(4)7/h1-2H,(H,10,11)(H,12,13);1-3H,(H,10,12). The van der Waals surface area contributed by atoms with Gasteiger partial charge in [0.2, 0.25) is 0 Å². The van der Waals surface area contributed by atoms with Gasteiger partial charge in [0.05, 0.1) is 25.7 Å². The number of aldehydes is 1. The van der Waals surface area contributed by atoms with Gasteiger partial charge in [-0.1, -0.05) is 23.2 Å². The molecular formula is C16H8Cl2N2O5S2. The van der Waals surface area contributed by atoms with Gasteiger partial charge in [-0.15, -0.1) is 22.7 Å². The second-order valence-electron chi connectivity index (χ2n) is 5.04. The summed E-state index contributed by atoms with van der Waals surface area (Å²) in [4.78, 5) is 49.2. The Hall–Kier alpha value is -2.46. The minimum absolute atomic E-state index is 0.00151. The number of H-pyrrole nitrogens is 2. The van der Waals surface area contributed by atoms with Crippen LogP contribution < -0.4 is 11.1 Å². The molecule has 4 aromatic rings.